The molecule has 1 aromatic heterocycles. The van der Waals surface area contributed by atoms with Gasteiger partial charge in [0.25, 0.3) is 0 Å². The minimum atomic E-state index is 0.679. The molecule has 0 bridgehead atoms. The van der Waals surface area contributed by atoms with E-state index in [2.05, 4.69) is 38.1 Å². The largest absolute Gasteiger partial charge is 0.354 e. The maximum atomic E-state index is 4.73. The van der Waals surface area contributed by atoms with E-state index in [-0.39, 0.29) is 0 Å². The fourth-order valence-corrected chi connectivity index (χ4v) is 4.11. The second kappa shape index (κ2) is 6.29. The molecule has 2 heterocycles. The Morgan fingerprint density at radius 3 is 2.95 bits per heavy atom. The zero-order chi connectivity index (χ0) is 13.9. The second-order valence-corrected chi connectivity index (χ2v) is 6.70. The lowest BCUT2D eigenvalue weighted by molar-refractivity contribution is 0.242. The number of nitrogens with zero attached hydrogens (tertiary/aromatic N) is 3. The van der Waals surface area contributed by atoms with Gasteiger partial charge in [-0.15, -0.1) is 0 Å². The highest BCUT2D eigenvalue weighted by Crippen LogP contribution is 2.39. The summed E-state index contributed by atoms with van der Waals surface area (Å²) in [5, 5.41) is 3.22. The van der Waals surface area contributed by atoms with Gasteiger partial charge in [0.1, 0.15) is 5.82 Å². The molecule has 2 fully saturated rings. The van der Waals surface area contributed by atoms with E-state index in [1.807, 2.05) is 6.20 Å². The predicted molar refractivity (Wildman–Crippen MR) is 86.2 cm³/mol. The first kappa shape index (κ1) is 14.1. The molecule has 1 saturated heterocycles. The van der Waals surface area contributed by atoms with E-state index in [1.165, 1.54) is 38.5 Å². The molecule has 0 aromatic carbocycles. The Morgan fingerprint density at radius 2 is 2.10 bits per heavy atom. The summed E-state index contributed by atoms with van der Waals surface area (Å²) in [6.07, 6.45) is 10.0. The molecule has 0 spiro atoms. The molecule has 110 valence electrons. The molecule has 4 nitrogen and oxygen atoms in total. The van der Waals surface area contributed by atoms with E-state index in [9.17, 15) is 0 Å². The maximum Gasteiger partial charge on any atom is 0.224 e. The average molecular weight is 339 g/mol. The zero-order valence-electron chi connectivity index (χ0n) is 12.1. The molecule has 3 rings (SSSR count). The Hall–Kier alpha value is -0.840. The summed E-state index contributed by atoms with van der Waals surface area (Å²) >= 11 is 3.64. The van der Waals surface area contributed by atoms with Gasteiger partial charge in [0, 0.05) is 25.3 Å². The topological polar surface area (TPSA) is 41.1 Å². The lowest BCUT2D eigenvalue weighted by Gasteiger charge is -2.45. The van der Waals surface area contributed by atoms with Gasteiger partial charge in [-0.2, -0.15) is 4.98 Å². The molecule has 0 radical (unpaired) electrons. The van der Waals surface area contributed by atoms with Crippen molar-refractivity contribution >= 4 is 27.7 Å². The molecule has 1 N–H and O–H groups in total. The highest BCUT2D eigenvalue weighted by atomic mass is 79.9. The number of hydrogen-bond acceptors (Lipinski definition) is 4. The molecule has 2 atom stereocenters. The second-order valence-electron chi connectivity index (χ2n) is 5.84. The van der Waals surface area contributed by atoms with Crippen molar-refractivity contribution in [1.82, 2.24) is 9.97 Å². The van der Waals surface area contributed by atoms with E-state index in [1.54, 1.807) is 0 Å². The summed E-state index contributed by atoms with van der Waals surface area (Å²) in [7, 11) is 0. The molecular weight excluding hydrogens is 316 g/mol. The molecule has 1 aliphatic carbocycles. The van der Waals surface area contributed by atoms with Crippen molar-refractivity contribution in [2.24, 2.45) is 5.92 Å². The van der Waals surface area contributed by atoms with E-state index in [0.29, 0.717) is 6.04 Å². The molecule has 20 heavy (non-hydrogen) atoms. The Balaban J connectivity index is 1.88. The summed E-state index contributed by atoms with van der Waals surface area (Å²) in [5.74, 6) is 2.68. The third-order valence-electron chi connectivity index (χ3n) is 4.58. The highest BCUT2D eigenvalue weighted by Gasteiger charge is 2.34. The Morgan fingerprint density at radius 1 is 1.30 bits per heavy atom. The van der Waals surface area contributed by atoms with Crippen LogP contribution in [0.1, 0.15) is 45.4 Å². The van der Waals surface area contributed by atoms with E-state index in [0.717, 1.165) is 35.2 Å². The standard InChI is InChI=1S/C15H23BrN4/c1-2-17-15-18-10-12(16)14(19-15)20-9-5-7-11-6-3-4-8-13(11)20/h10-11,13H,2-9H2,1H3,(H,17,18,19). The van der Waals surface area contributed by atoms with Gasteiger partial charge in [-0.25, -0.2) is 4.98 Å². The van der Waals surface area contributed by atoms with Gasteiger partial charge < -0.3 is 10.2 Å². The third-order valence-corrected chi connectivity index (χ3v) is 5.14. The molecule has 1 aromatic rings. The van der Waals surface area contributed by atoms with E-state index < -0.39 is 0 Å². The normalized spacial score (nSPS) is 26.2. The molecule has 1 saturated carbocycles. The molecule has 2 aliphatic rings. The van der Waals surface area contributed by atoms with Crippen molar-refractivity contribution in [3.63, 3.8) is 0 Å². The molecular formula is C15H23BrN4. The summed E-state index contributed by atoms with van der Waals surface area (Å²) in [6.45, 7) is 4.05. The van der Waals surface area contributed by atoms with Crippen molar-refractivity contribution in [1.29, 1.82) is 0 Å². The smallest absolute Gasteiger partial charge is 0.224 e. The molecule has 2 unspecified atom stereocenters. The number of hydrogen-bond donors (Lipinski definition) is 1. The van der Waals surface area contributed by atoms with Crippen LogP contribution >= 0.6 is 15.9 Å². The number of rotatable bonds is 3. The number of anilines is 2. The number of aromatic nitrogens is 2. The monoisotopic (exact) mass is 338 g/mol. The first-order chi connectivity index (χ1) is 9.79. The fraction of sp³-hybridized carbons (Fsp3) is 0.733. The van der Waals surface area contributed by atoms with Crippen molar-refractivity contribution in [3.05, 3.63) is 10.7 Å². The fourth-order valence-electron chi connectivity index (χ4n) is 3.69. The predicted octanol–water partition coefficient (Wildman–Crippen LogP) is 3.83. The zero-order valence-corrected chi connectivity index (χ0v) is 13.7. The minimum Gasteiger partial charge on any atom is -0.354 e. The lowest BCUT2D eigenvalue weighted by atomic mass is 9.78. The Bertz CT molecular complexity index is 463. The summed E-state index contributed by atoms with van der Waals surface area (Å²) in [6, 6.07) is 0.679. The van der Waals surface area contributed by atoms with E-state index in [4.69, 9.17) is 4.98 Å². The van der Waals surface area contributed by atoms with Gasteiger partial charge in [0.2, 0.25) is 5.95 Å². The highest BCUT2D eigenvalue weighted by molar-refractivity contribution is 9.10. The average Bonchev–Trinajstić information content (AvgIpc) is 2.49. The first-order valence-electron chi connectivity index (χ1n) is 7.82. The van der Waals surface area contributed by atoms with Crippen LogP contribution in [0.3, 0.4) is 0 Å². The molecule has 1 aliphatic heterocycles. The van der Waals surface area contributed by atoms with Crippen LogP contribution in [0.5, 0.6) is 0 Å². The lowest BCUT2D eigenvalue weighted by Crippen LogP contribution is -2.47. The Kier molecular flexibility index (Phi) is 4.44. The van der Waals surface area contributed by atoms with Crippen LogP contribution in [-0.4, -0.2) is 29.1 Å². The molecule has 0 amide bonds. The van der Waals surface area contributed by atoms with Crippen molar-refractivity contribution < 1.29 is 0 Å². The third kappa shape index (κ3) is 2.78. The van der Waals surface area contributed by atoms with Crippen molar-refractivity contribution in [2.45, 2.75) is 51.5 Å². The van der Waals surface area contributed by atoms with Crippen LogP contribution in [0.25, 0.3) is 0 Å². The van der Waals surface area contributed by atoms with Gasteiger partial charge in [-0.05, 0) is 54.5 Å². The number of fused-ring (bicyclic) bond motifs is 1. The van der Waals surface area contributed by atoms with Crippen LogP contribution in [0, 0.1) is 5.92 Å². The quantitative estimate of drug-likeness (QED) is 0.909. The van der Waals surface area contributed by atoms with Gasteiger partial charge in [-0.3, -0.25) is 0 Å². The van der Waals surface area contributed by atoms with Crippen LogP contribution in [-0.2, 0) is 0 Å². The van der Waals surface area contributed by atoms with Crippen molar-refractivity contribution in [3.8, 4) is 0 Å². The summed E-state index contributed by atoms with van der Waals surface area (Å²) in [4.78, 5) is 11.6. The van der Waals surface area contributed by atoms with Gasteiger partial charge in [0.15, 0.2) is 0 Å². The van der Waals surface area contributed by atoms with Gasteiger partial charge in [-0.1, -0.05) is 12.8 Å². The van der Waals surface area contributed by atoms with Crippen molar-refractivity contribution in [2.75, 3.05) is 23.3 Å². The van der Waals surface area contributed by atoms with Crippen LogP contribution in [0.2, 0.25) is 0 Å². The van der Waals surface area contributed by atoms with Gasteiger partial charge in [0.05, 0.1) is 4.47 Å². The Labute approximate surface area is 129 Å². The first-order valence-corrected chi connectivity index (χ1v) is 8.62. The van der Waals surface area contributed by atoms with Crippen LogP contribution < -0.4 is 10.2 Å². The number of halogens is 1. The SMILES string of the molecule is CCNc1ncc(Br)c(N2CCCC3CCCCC32)n1. The van der Waals surface area contributed by atoms with Crippen LogP contribution in [0.4, 0.5) is 11.8 Å². The number of nitrogens with one attached hydrogen (secondary N) is 1. The maximum absolute atomic E-state index is 4.73. The molecule has 5 heteroatoms. The number of piperidine rings is 1. The van der Waals surface area contributed by atoms with Gasteiger partial charge >= 0.3 is 0 Å². The minimum absolute atomic E-state index is 0.679. The summed E-state index contributed by atoms with van der Waals surface area (Å²) in [5.41, 5.74) is 0. The van der Waals surface area contributed by atoms with Crippen LogP contribution in [0.15, 0.2) is 10.7 Å². The summed E-state index contributed by atoms with van der Waals surface area (Å²) < 4.78 is 1.02. The van der Waals surface area contributed by atoms with E-state index >= 15 is 0 Å².